The van der Waals surface area contributed by atoms with Crippen LogP contribution in [0.15, 0.2) is 0 Å². The maximum Gasteiger partial charge on any atom is 0.120 e. The molecule has 0 radical (unpaired) electrons. The molecule has 1 heteroatoms. The van der Waals surface area contributed by atoms with Crippen molar-refractivity contribution in [3.8, 4) is 0 Å². The number of carbonyl (C=O) groups is 1. The highest BCUT2D eigenvalue weighted by Crippen LogP contribution is 2.34. The minimum absolute atomic E-state index is 0.674. The Balaban J connectivity index is 2.42. The van der Waals surface area contributed by atoms with Crippen LogP contribution < -0.4 is 0 Å². The molecule has 1 rings (SSSR count). The van der Waals surface area contributed by atoms with Gasteiger partial charge in [-0.3, -0.25) is 0 Å². The standard InChI is InChI=1S/C13H24O/c1-11(2)10-13(8-9-14)12-6-4-3-5-7-12/h9,11-13H,3-8,10H2,1-2H3. The SMILES string of the molecule is CC(C)CC(CC=O)C1CCCCC1. The van der Waals surface area contributed by atoms with Crippen molar-refractivity contribution in [1.29, 1.82) is 0 Å². The summed E-state index contributed by atoms with van der Waals surface area (Å²) in [7, 11) is 0. The Labute approximate surface area is 88.3 Å². The van der Waals surface area contributed by atoms with Crippen molar-refractivity contribution in [3.63, 3.8) is 0 Å². The van der Waals surface area contributed by atoms with E-state index >= 15 is 0 Å². The maximum atomic E-state index is 10.6. The van der Waals surface area contributed by atoms with Crippen molar-refractivity contribution in [2.24, 2.45) is 17.8 Å². The van der Waals surface area contributed by atoms with Crippen molar-refractivity contribution in [3.05, 3.63) is 0 Å². The average molecular weight is 196 g/mol. The molecular weight excluding hydrogens is 172 g/mol. The molecule has 0 spiro atoms. The summed E-state index contributed by atoms with van der Waals surface area (Å²) >= 11 is 0. The van der Waals surface area contributed by atoms with Crippen molar-refractivity contribution in [1.82, 2.24) is 0 Å². The molecule has 1 aliphatic carbocycles. The lowest BCUT2D eigenvalue weighted by molar-refractivity contribution is -0.109. The Kier molecular flexibility index (Phi) is 5.21. The first-order valence-electron chi connectivity index (χ1n) is 6.17. The second-order valence-corrected chi connectivity index (χ2v) is 5.19. The molecular formula is C13H24O. The second-order valence-electron chi connectivity index (χ2n) is 5.19. The second kappa shape index (κ2) is 6.21. The Morgan fingerprint density at radius 3 is 2.36 bits per heavy atom. The molecule has 1 aliphatic rings. The number of hydrogen-bond donors (Lipinski definition) is 0. The van der Waals surface area contributed by atoms with E-state index in [0.717, 1.165) is 24.5 Å². The van der Waals surface area contributed by atoms with E-state index < -0.39 is 0 Å². The van der Waals surface area contributed by atoms with Crippen LogP contribution in [-0.4, -0.2) is 6.29 Å². The van der Waals surface area contributed by atoms with E-state index in [2.05, 4.69) is 13.8 Å². The number of hydrogen-bond acceptors (Lipinski definition) is 1. The fraction of sp³-hybridized carbons (Fsp3) is 0.923. The van der Waals surface area contributed by atoms with Gasteiger partial charge in [-0.2, -0.15) is 0 Å². The van der Waals surface area contributed by atoms with E-state index in [4.69, 9.17) is 0 Å². The van der Waals surface area contributed by atoms with Gasteiger partial charge in [-0.15, -0.1) is 0 Å². The van der Waals surface area contributed by atoms with Gasteiger partial charge in [-0.05, 0) is 24.2 Å². The summed E-state index contributed by atoms with van der Waals surface area (Å²) in [5, 5.41) is 0. The predicted octanol–water partition coefficient (Wildman–Crippen LogP) is 3.82. The maximum absolute atomic E-state index is 10.6. The molecule has 1 fully saturated rings. The first-order valence-corrected chi connectivity index (χ1v) is 6.17. The first-order chi connectivity index (χ1) is 6.74. The van der Waals surface area contributed by atoms with Gasteiger partial charge in [0.15, 0.2) is 0 Å². The smallest absolute Gasteiger partial charge is 0.120 e. The van der Waals surface area contributed by atoms with Crippen molar-refractivity contribution < 1.29 is 4.79 Å². The number of rotatable bonds is 5. The number of aldehydes is 1. The van der Waals surface area contributed by atoms with E-state index in [1.165, 1.54) is 38.5 Å². The molecule has 0 aromatic heterocycles. The van der Waals surface area contributed by atoms with Crippen LogP contribution in [0.5, 0.6) is 0 Å². The molecule has 1 atom stereocenters. The van der Waals surface area contributed by atoms with Gasteiger partial charge in [0.1, 0.15) is 6.29 Å². The predicted molar refractivity (Wildman–Crippen MR) is 60.2 cm³/mol. The van der Waals surface area contributed by atoms with Crippen LogP contribution in [0.2, 0.25) is 0 Å². The Morgan fingerprint density at radius 2 is 1.86 bits per heavy atom. The van der Waals surface area contributed by atoms with Gasteiger partial charge < -0.3 is 4.79 Å². The third kappa shape index (κ3) is 3.81. The molecule has 1 unspecified atom stereocenters. The van der Waals surface area contributed by atoms with Crippen LogP contribution in [0.4, 0.5) is 0 Å². The molecule has 0 bridgehead atoms. The van der Waals surface area contributed by atoms with Gasteiger partial charge in [0, 0.05) is 6.42 Å². The molecule has 0 N–H and O–H groups in total. The average Bonchev–Trinajstić information content (AvgIpc) is 2.18. The summed E-state index contributed by atoms with van der Waals surface area (Å²) in [6.07, 6.45) is 10.1. The van der Waals surface area contributed by atoms with Crippen LogP contribution in [0.1, 0.15) is 58.8 Å². The van der Waals surface area contributed by atoms with Crippen molar-refractivity contribution in [2.75, 3.05) is 0 Å². The van der Waals surface area contributed by atoms with Gasteiger partial charge >= 0.3 is 0 Å². The summed E-state index contributed by atoms with van der Waals surface area (Å²) in [6.45, 7) is 4.53. The van der Waals surface area contributed by atoms with E-state index in [9.17, 15) is 4.79 Å². The molecule has 1 saturated carbocycles. The lowest BCUT2D eigenvalue weighted by atomic mass is 9.75. The van der Waals surface area contributed by atoms with E-state index in [1.807, 2.05) is 0 Å². The number of carbonyl (C=O) groups excluding carboxylic acids is 1. The van der Waals surface area contributed by atoms with Crippen LogP contribution in [-0.2, 0) is 4.79 Å². The highest BCUT2D eigenvalue weighted by Gasteiger charge is 2.23. The van der Waals surface area contributed by atoms with Crippen molar-refractivity contribution >= 4 is 6.29 Å². The monoisotopic (exact) mass is 196 g/mol. The fourth-order valence-corrected chi connectivity index (χ4v) is 2.82. The largest absolute Gasteiger partial charge is 0.303 e. The molecule has 0 heterocycles. The van der Waals surface area contributed by atoms with Crippen LogP contribution in [0.25, 0.3) is 0 Å². The van der Waals surface area contributed by atoms with Gasteiger partial charge in [0.2, 0.25) is 0 Å². The zero-order chi connectivity index (χ0) is 10.4. The van der Waals surface area contributed by atoms with Crippen LogP contribution in [0.3, 0.4) is 0 Å². The summed E-state index contributed by atoms with van der Waals surface area (Å²) in [5.74, 6) is 2.26. The molecule has 14 heavy (non-hydrogen) atoms. The van der Waals surface area contributed by atoms with Crippen LogP contribution in [0, 0.1) is 17.8 Å². The third-order valence-electron chi connectivity index (χ3n) is 3.49. The molecule has 0 aliphatic heterocycles. The van der Waals surface area contributed by atoms with Crippen molar-refractivity contribution in [2.45, 2.75) is 58.8 Å². The molecule has 1 nitrogen and oxygen atoms in total. The zero-order valence-electron chi connectivity index (χ0n) is 9.67. The van der Waals surface area contributed by atoms with E-state index in [0.29, 0.717) is 5.92 Å². The normalized spacial score (nSPS) is 21.1. The minimum atomic E-state index is 0.674. The summed E-state index contributed by atoms with van der Waals surface area (Å²) in [4.78, 5) is 10.6. The molecule has 0 aromatic carbocycles. The fourth-order valence-electron chi connectivity index (χ4n) is 2.82. The lowest BCUT2D eigenvalue weighted by Crippen LogP contribution is -2.20. The molecule has 0 saturated heterocycles. The highest BCUT2D eigenvalue weighted by atomic mass is 16.1. The molecule has 0 aromatic rings. The summed E-state index contributed by atoms with van der Waals surface area (Å²) < 4.78 is 0. The molecule has 82 valence electrons. The van der Waals surface area contributed by atoms with E-state index in [1.54, 1.807) is 0 Å². The van der Waals surface area contributed by atoms with E-state index in [-0.39, 0.29) is 0 Å². The highest BCUT2D eigenvalue weighted by molar-refractivity contribution is 5.49. The summed E-state index contributed by atoms with van der Waals surface area (Å²) in [5.41, 5.74) is 0. The van der Waals surface area contributed by atoms with Gasteiger partial charge in [-0.25, -0.2) is 0 Å². The van der Waals surface area contributed by atoms with Crippen LogP contribution >= 0.6 is 0 Å². The quantitative estimate of drug-likeness (QED) is 0.611. The van der Waals surface area contributed by atoms with Gasteiger partial charge in [0.05, 0.1) is 0 Å². The van der Waals surface area contributed by atoms with Gasteiger partial charge in [-0.1, -0.05) is 46.0 Å². The lowest BCUT2D eigenvalue weighted by Gasteiger charge is -2.30. The van der Waals surface area contributed by atoms with Gasteiger partial charge in [0.25, 0.3) is 0 Å². The topological polar surface area (TPSA) is 17.1 Å². The Morgan fingerprint density at radius 1 is 1.21 bits per heavy atom. The molecule has 0 amide bonds. The first kappa shape index (κ1) is 11.7. The Hall–Kier alpha value is -0.330. The Bertz CT molecular complexity index is 157. The minimum Gasteiger partial charge on any atom is -0.303 e. The third-order valence-corrected chi connectivity index (χ3v) is 3.49. The zero-order valence-corrected chi connectivity index (χ0v) is 9.67. The summed E-state index contributed by atoms with van der Waals surface area (Å²) in [6, 6.07) is 0.